The molecule has 1 aliphatic heterocycles. The van der Waals surface area contributed by atoms with Crippen molar-refractivity contribution in [2.45, 2.75) is 26.2 Å². The molecule has 2 aromatic heterocycles. The van der Waals surface area contributed by atoms with Crippen LogP contribution in [0.4, 0.5) is 11.4 Å². The molecule has 6 nitrogen and oxygen atoms in total. The number of anilines is 2. The van der Waals surface area contributed by atoms with Gasteiger partial charge >= 0.3 is 6.01 Å². The molecule has 0 saturated carbocycles. The Morgan fingerprint density at radius 2 is 1.93 bits per heavy atom. The van der Waals surface area contributed by atoms with Gasteiger partial charge in [0.1, 0.15) is 5.75 Å². The minimum absolute atomic E-state index is 0.154. The zero-order valence-corrected chi connectivity index (χ0v) is 16.9. The molecule has 150 valence electrons. The topological polar surface area (TPSA) is 71.1 Å². The third-order valence-electron chi connectivity index (χ3n) is 5.52. The van der Waals surface area contributed by atoms with Crippen LogP contribution < -0.4 is 15.2 Å². The van der Waals surface area contributed by atoms with Gasteiger partial charge in [0.15, 0.2) is 0 Å². The highest BCUT2D eigenvalue weighted by molar-refractivity contribution is 5.76. The van der Waals surface area contributed by atoms with Crippen LogP contribution in [0.3, 0.4) is 0 Å². The van der Waals surface area contributed by atoms with Crippen molar-refractivity contribution in [1.29, 1.82) is 0 Å². The minimum Gasteiger partial charge on any atom is -0.426 e. The highest BCUT2D eigenvalue weighted by Crippen LogP contribution is 2.37. The molecule has 0 saturated heterocycles. The van der Waals surface area contributed by atoms with Gasteiger partial charge in [0.05, 0.1) is 17.1 Å². The molecule has 0 spiro atoms. The average molecular weight is 398 g/mol. The number of aromatic amines is 1. The monoisotopic (exact) mass is 398 g/mol. The van der Waals surface area contributed by atoms with E-state index in [9.17, 15) is 4.79 Å². The molecule has 1 aliphatic rings. The van der Waals surface area contributed by atoms with Crippen molar-refractivity contribution in [3.05, 3.63) is 82.4 Å². The molecule has 0 amide bonds. The first-order valence-corrected chi connectivity index (χ1v) is 10.1. The van der Waals surface area contributed by atoms with Crippen LogP contribution in [-0.4, -0.2) is 21.5 Å². The molecule has 0 radical (unpaired) electrons. The summed E-state index contributed by atoms with van der Waals surface area (Å²) in [6, 6.07) is 16.4. The van der Waals surface area contributed by atoms with Gasteiger partial charge in [-0.05, 0) is 59.9 Å². The van der Waals surface area contributed by atoms with Gasteiger partial charge in [-0.2, -0.15) is 4.98 Å². The van der Waals surface area contributed by atoms with Crippen LogP contribution in [0.5, 0.6) is 11.8 Å². The van der Waals surface area contributed by atoms with Gasteiger partial charge in [-0.1, -0.05) is 26.0 Å². The van der Waals surface area contributed by atoms with E-state index < -0.39 is 0 Å². The normalized spacial score (nSPS) is 13.1. The number of hydrogen-bond acceptors (Lipinski definition) is 5. The van der Waals surface area contributed by atoms with Crippen molar-refractivity contribution >= 4 is 22.3 Å². The summed E-state index contributed by atoms with van der Waals surface area (Å²) in [5.41, 5.74) is 5.41. The second-order valence-electron chi connectivity index (χ2n) is 7.80. The molecule has 0 unspecified atom stereocenters. The Labute approximate surface area is 174 Å². The minimum atomic E-state index is -0.247. The fraction of sp³-hybridized carbons (Fsp3) is 0.208. The third kappa shape index (κ3) is 3.30. The summed E-state index contributed by atoms with van der Waals surface area (Å²) < 4.78 is 5.78. The first-order valence-electron chi connectivity index (χ1n) is 10.1. The number of fused-ring (bicyclic) bond motifs is 2. The maximum atomic E-state index is 12.2. The number of nitrogens with zero attached hydrogens (tertiary/aromatic N) is 3. The molecule has 5 rings (SSSR count). The molecule has 0 aliphatic carbocycles. The Balaban J connectivity index is 1.38. The fourth-order valence-electron chi connectivity index (χ4n) is 3.87. The molecule has 6 heteroatoms. The summed E-state index contributed by atoms with van der Waals surface area (Å²) in [5.74, 6) is 1.14. The maximum absolute atomic E-state index is 12.2. The fourth-order valence-corrected chi connectivity index (χ4v) is 3.87. The van der Waals surface area contributed by atoms with Crippen LogP contribution in [0.25, 0.3) is 10.9 Å². The first-order chi connectivity index (χ1) is 14.6. The van der Waals surface area contributed by atoms with Crippen molar-refractivity contribution in [1.82, 2.24) is 15.0 Å². The van der Waals surface area contributed by atoms with E-state index in [0.717, 1.165) is 18.7 Å². The average Bonchev–Trinajstić information content (AvgIpc) is 3.17. The van der Waals surface area contributed by atoms with E-state index in [0.29, 0.717) is 22.6 Å². The number of nitrogens with one attached hydrogen (secondary N) is 1. The Bertz CT molecular complexity index is 1280. The summed E-state index contributed by atoms with van der Waals surface area (Å²) in [6.45, 7) is 5.41. The summed E-state index contributed by atoms with van der Waals surface area (Å²) >= 11 is 0. The number of hydrogen-bond donors (Lipinski definition) is 1. The lowest BCUT2D eigenvalue weighted by atomic mass is 10.00. The second kappa shape index (κ2) is 7.30. The zero-order chi connectivity index (χ0) is 20.7. The summed E-state index contributed by atoms with van der Waals surface area (Å²) in [7, 11) is 0. The lowest BCUT2D eigenvalue weighted by molar-refractivity contribution is 0.443. The maximum Gasteiger partial charge on any atom is 0.302 e. The standard InChI is InChI=1S/C24H22N4O2/c1-15(2)16-3-8-22-17(13-16)10-12-28(22)18-4-6-19(7-5-18)30-24-26-21-14-25-11-9-20(21)23(29)27-24/h3-9,11,13-15H,10,12H2,1-2H3,(H,26,27,29). The Morgan fingerprint density at radius 3 is 2.73 bits per heavy atom. The first kappa shape index (κ1) is 18.4. The predicted octanol–water partition coefficient (Wildman–Crippen LogP) is 4.93. The second-order valence-corrected chi connectivity index (χ2v) is 7.80. The van der Waals surface area contributed by atoms with E-state index in [1.807, 2.05) is 24.3 Å². The quantitative estimate of drug-likeness (QED) is 0.528. The molecule has 0 bridgehead atoms. The lowest BCUT2D eigenvalue weighted by Gasteiger charge is -2.20. The van der Waals surface area contributed by atoms with Crippen molar-refractivity contribution in [3.8, 4) is 11.8 Å². The van der Waals surface area contributed by atoms with Crippen molar-refractivity contribution < 1.29 is 4.74 Å². The zero-order valence-electron chi connectivity index (χ0n) is 16.9. The van der Waals surface area contributed by atoms with Crippen LogP contribution in [0.1, 0.15) is 30.9 Å². The number of ether oxygens (including phenoxy) is 1. The van der Waals surface area contributed by atoms with E-state index in [2.05, 4.69) is 51.9 Å². The van der Waals surface area contributed by atoms with Crippen LogP contribution >= 0.6 is 0 Å². The van der Waals surface area contributed by atoms with Crippen LogP contribution in [0.15, 0.2) is 65.7 Å². The smallest absolute Gasteiger partial charge is 0.302 e. The van der Waals surface area contributed by atoms with Gasteiger partial charge in [-0.25, -0.2) is 0 Å². The van der Waals surface area contributed by atoms with Gasteiger partial charge in [0.25, 0.3) is 5.56 Å². The number of benzene rings is 2. The van der Waals surface area contributed by atoms with Crippen LogP contribution in [0.2, 0.25) is 0 Å². The Kier molecular flexibility index (Phi) is 4.47. The number of pyridine rings is 1. The molecule has 2 aromatic carbocycles. The van der Waals surface area contributed by atoms with E-state index in [1.54, 1.807) is 18.5 Å². The van der Waals surface area contributed by atoms with Gasteiger partial charge in [-0.15, -0.1) is 0 Å². The molecular formula is C24H22N4O2. The predicted molar refractivity (Wildman–Crippen MR) is 118 cm³/mol. The van der Waals surface area contributed by atoms with Crippen molar-refractivity contribution in [2.75, 3.05) is 11.4 Å². The van der Waals surface area contributed by atoms with E-state index >= 15 is 0 Å². The van der Waals surface area contributed by atoms with Crippen molar-refractivity contribution in [2.24, 2.45) is 0 Å². The van der Waals surface area contributed by atoms with Crippen LogP contribution in [-0.2, 0) is 6.42 Å². The van der Waals surface area contributed by atoms with E-state index in [-0.39, 0.29) is 11.6 Å². The summed E-state index contributed by atoms with van der Waals surface area (Å²) in [4.78, 5) is 25.5. The summed E-state index contributed by atoms with van der Waals surface area (Å²) in [6.07, 6.45) is 4.17. The molecule has 0 atom stereocenters. The highest BCUT2D eigenvalue weighted by Gasteiger charge is 2.21. The lowest BCUT2D eigenvalue weighted by Crippen LogP contribution is -2.13. The van der Waals surface area contributed by atoms with Gasteiger partial charge in [0.2, 0.25) is 0 Å². The van der Waals surface area contributed by atoms with Crippen molar-refractivity contribution in [3.63, 3.8) is 0 Å². The number of aromatic nitrogens is 3. The third-order valence-corrected chi connectivity index (χ3v) is 5.52. The number of rotatable bonds is 4. The molecule has 0 fully saturated rings. The Morgan fingerprint density at radius 1 is 1.10 bits per heavy atom. The van der Waals surface area contributed by atoms with Gasteiger partial charge in [-0.3, -0.25) is 14.8 Å². The van der Waals surface area contributed by atoms with E-state index in [4.69, 9.17) is 4.74 Å². The molecule has 30 heavy (non-hydrogen) atoms. The Hall–Kier alpha value is -3.67. The highest BCUT2D eigenvalue weighted by atomic mass is 16.5. The molecule has 4 aromatic rings. The summed E-state index contributed by atoms with van der Waals surface area (Å²) in [5, 5.41) is 0.487. The number of H-pyrrole nitrogens is 1. The van der Waals surface area contributed by atoms with Crippen LogP contribution in [0, 0.1) is 0 Å². The SMILES string of the molecule is CC(C)c1ccc2c(c1)CCN2c1ccc(Oc2nc3cnccc3c(=O)[nH]2)cc1. The molecule has 3 heterocycles. The van der Waals surface area contributed by atoms with Gasteiger partial charge < -0.3 is 9.64 Å². The van der Waals surface area contributed by atoms with Gasteiger partial charge in [0, 0.05) is 24.1 Å². The largest absolute Gasteiger partial charge is 0.426 e. The van der Waals surface area contributed by atoms with E-state index in [1.165, 1.54) is 16.8 Å². The molecule has 1 N–H and O–H groups in total. The molecular weight excluding hydrogens is 376 g/mol.